The van der Waals surface area contributed by atoms with Crippen LogP contribution in [0, 0.1) is 11.7 Å². The van der Waals surface area contributed by atoms with E-state index in [1.807, 2.05) is 0 Å². The van der Waals surface area contributed by atoms with Gasteiger partial charge in [0.1, 0.15) is 5.82 Å². The Morgan fingerprint density at radius 3 is 2.45 bits per heavy atom. The molecule has 0 aliphatic carbocycles. The Kier molecular flexibility index (Phi) is 5.22. The largest absolute Gasteiger partial charge is 0.451 e. The maximum absolute atomic E-state index is 13.5. The van der Waals surface area contributed by atoms with Gasteiger partial charge in [-0.05, 0) is 31.0 Å². The average Bonchev–Trinajstić information content (AvgIpc) is 3.16. The van der Waals surface area contributed by atoms with Crippen molar-refractivity contribution in [3.63, 3.8) is 0 Å². The van der Waals surface area contributed by atoms with Gasteiger partial charge in [0.25, 0.3) is 0 Å². The lowest BCUT2D eigenvalue weighted by Gasteiger charge is -2.42. The van der Waals surface area contributed by atoms with Crippen LogP contribution in [-0.4, -0.2) is 50.0 Å². The molecule has 1 saturated heterocycles. The van der Waals surface area contributed by atoms with Crippen molar-refractivity contribution < 1.29 is 27.2 Å². The average molecular weight is 439 g/mol. The molecule has 31 heavy (non-hydrogen) atoms. The molecule has 7 nitrogen and oxygen atoms in total. The smallest absolute Gasteiger partial charge is 0.338 e. The quantitative estimate of drug-likeness (QED) is 0.675. The van der Waals surface area contributed by atoms with Crippen LogP contribution in [0.25, 0.3) is 0 Å². The molecule has 0 saturated carbocycles. The lowest BCUT2D eigenvalue weighted by Crippen LogP contribution is -2.50. The molecule has 166 valence electrons. The first-order chi connectivity index (χ1) is 14.6. The summed E-state index contributed by atoms with van der Waals surface area (Å²) in [5, 5.41) is 6.97. The molecule has 3 atom stereocenters. The van der Waals surface area contributed by atoms with E-state index in [9.17, 15) is 27.2 Å². The van der Waals surface area contributed by atoms with Crippen LogP contribution in [0.2, 0.25) is 0 Å². The molecule has 2 aromatic rings. The number of piperidine rings is 1. The molecule has 3 unspecified atom stereocenters. The van der Waals surface area contributed by atoms with E-state index in [0.29, 0.717) is 12.0 Å². The Hall–Kier alpha value is -2.98. The highest BCUT2D eigenvalue weighted by Gasteiger charge is 2.45. The highest BCUT2D eigenvalue weighted by atomic mass is 19.4. The number of fused-ring (bicyclic) bond motifs is 1. The summed E-state index contributed by atoms with van der Waals surface area (Å²) in [5.74, 6) is -2.43. The van der Waals surface area contributed by atoms with E-state index >= 15 is 0 Å². The number of carbonyl (C=O) groups excluding carboxylic acids is 2. The Labute approximate surface area is 175 Å². The summed E-state index contributed by atoms with van der Waals surface area (Å²) in [4.78, 5) is 28.8. The lowest BCUT2D eigenvalue weighted by atomic mass is 9.83. The number of halogens is 4. The number of rotatable bonds is 2. The first-order valence-electron chi connectivity index (χ1n) is 9.91. The molecule has 0 spiro atoms. The fourth-order valence-corrected chi connectivity index (χ4v) is 4.52. The van der Waals surface area contributed by atoms with Gasteiger partial charge in [0.15, 0.2) is 5.82 Å². The van der Waals surface area contributed by atoms with Crippen molar-refractivity contribution in [3.05, 3.63) is 47.3 Å². The molecule has 4 rings (SSSR count). The Balaban J connectivity index is 1.64. The Morgan fingerprint density at radius 1 is 1.13 bits per heavy atom. The third-order valence-electron chi connectivity index (χ3n) is 6.11. The van der Waals surface area contributed by atoms with Gasteiger partial charge in [-0.1, -0.05) is 12.1 Å². The molecule has 2 aliphatic rings. The molecular weight excluding hydrogens is 418 g/mol. The summed E-state index contributed by atoms with van der Waals surface area (Å²) < 4.78 is 53.9. The minimum Gasteiger partial charge on any atom is -0.338 e. The van der Waals surface area contributed by atoms with Crippen molar-refractivity contribution in [1.29, 1.82) is 0 Å². The molecule has 2 amide bonds. The molecule has 1 aromatic heterocycles. The van der Waals surface area contributed by atoms with Crippen LogP contribution < -0.4 is 0 Å². The maximum atomic E-state index is 13.5. The molecule has 2 aliphatic heterocycles. The predicted octanol–water partition coefficient (Wildman–Crippen LogP) is 2.95. The van der Waals surface area contributed by atoms with Gasteiger partial charge >= 0.3 is 6.18 Å². The first kappa shape index (κ1) is 21.3. The SMILES string of the molecule is CC1c2nnc(C(F)(F)F)n2CCN1C(=O)C1CCC(=O)N(C)C1c1ccc(F)cc1. The minimum atomic E-state index is -4.63. The maximum Gasteiger partial charge on any atom is 0.451 e. The third kappa shape index (κ3) is 3.66. The van der Waals surface area contributed by atoms with E-state index in [-0.39, 0.29) is 37.1 Å². The van der Waals surface area contributed by atoms with Gasteiger partial charge in [0.05, 0.1) is 18.0 Å². The summed E-state index contributed by atoms with van der Waals surface area (Å²) in [6, 6.07) is 4.33. The molecule has 0 radical (unpaired) electrons. The number of hydrogen-bond donors (Lipinski definition) is 0. The van der Waals surface area contributed by atoms with E-state index in [1.54, 1.807) is 26.1 Å². The zero-order valence-electron chi connectivity index (χ0n) is 16.9. The van der Waals surface area contributed by atoms with Crippen LogP contribution in [0.15, 0.2) is 24.3 Å². The topological polar surface area (TPSA) is 71.3 Å². The second-order valence-electron chi connectivity index (χ2n) is 7.89. The summed E-state index contributed by atoms with van der Waals surface area (Å²) >= 11 is 0. The molecule has 0 bridgehead atoms. The molecule has 1 fully saturated rings. The van der Waals surface area contributed by atoms with Gasteiger partial charge in [-0.15, -0.1) is 10.2 Å². The first-order valence-corrected chi connectivity index (χ1v) is 9.91. The fourth-order valence-electron chi connectivity index (χ4n) is 4.52. The Bertz CT molecular complexity index is 1000. The predicted molar refractivity (Wildman–Crippen MR) is 99.8 cm³/mol. The van der Waals surface area contributed by atoms with Gasteiger partial charge in [0, 0.05) is 26.6 Å². The number of nitrogens with zero attached hydrogens (tertiary/aromatic N) is 5. The highest BCUT2D eigenvalue weighted by Crippen LogP contribution is 2.39. The second-order valence-corrected chi connectivity index (χ2v) is 7.89. The van der Waals surface area contributed by atoms with E-state index in [4.69, 9.17) is 0 Å². The van der Waals surface area contributed by atoms with Crippen LogP contribution in [-0.2, 0) is 22.3 Å². The van der Waals surface area contributed by atoms with Gasteiger partial charge in [-0.2, -0.15) is 13.2 Å². The van der Waals surface area contributed by atoms with Crippen molar-refractivity contribution in [2.45, 2.75) is 44.6 Å². The zero-order chi connectivity index (χ0) is 22.5. The number of hydrogen-bond acceptors (Lipinski definition) is 4. The van der Waals surface area contributed by atoms with Crippen molar-refractivity contribution in [2.75, 3.05) is 13.6 Å². The van der Waals surface area contributed by atoms with Crippen LogP contribution >= 0.6 is 0 Å². The number of amides is 2. The van der Waals surface area contributed by atoms with Crippen molar-refractivity contribution in [2.24, 2.45) is 5.92 Å². The van der Waals surface area contributed by atoms with Crippen LogP contribution in [0.1, 0.15) is 49.1 Å². The van der Waals surface area contributed by atoms with Crippen LogP contribution in [0.5, 0.6) is 0 Å². The van der Waals surface area contributed by atoms with E-state index in [2.05, 4.69) is 10.2 Å². The minimum absolute atomic E-state index is 0.0679. The number of likely N-dealkylation sites (tertiary alicyclic amines) is 1. The van der Waals surface area contributed by atoms with E-state index in [0.717, 1.165) is 4.57 Å². The summed E-state index contributed by atoms with van der Waals surface area (Å²) in [7, 11) is 1.60. The van der Waals surface area contributed by atoms with Crippen molar-refractivity contribution in [1.82, 2.24) is 24.6 Å². The number of alkyl halides is 3. The molecule has 3 heterocycles. The Morgan fingerprint density at radius 2 is 1.81 bits per heavy atom. The van der Waals surface area contributed by atoms with Gasteiger partial charge in [-0.3, -0.25) is 9.59 Å². The summed E-state index contributed by atoms with van der Waals surface area (Å²) in [6.45, 7) is 1.61. The number of aromatic nitrogens is 3. The number of benzene rings is 1. The normalized spacial score (nSPS) is 24.3. The van der Waals surface area contributed by atoms with Crippen molar-refractivity contribution >= 4 is 11.8 Å². The summed E-state index contributed by atoms with van der Waals surface area (Å²) in [6.07, 6.45) is -4.15. The van der Waals surface area contributed by atoms with Crippen molar-refractivity contribution in [3.8, 4) is 0 Å². The molecule has 0 N–H and O–H groups in total. The van der Waals surface area contributed by atoms with E-state index < -0.39 is 35.8 Å². The van der Waals surface area contributed by atoms with Gasteiger partial charge < -0.3 is 14.4 Å². The second kappa shape index (κ2) is 7.61. The monoisotopic (exact) mass is 439 g/mol. The van der Waals surface area contributed by atoms with E-state index in [1.165, 1.54) is 21.9 Å². The molecule has 1 aromatic carbocycles. The molecule has 11 heteroatoms. The lowest BCUT2D eigenvalue weighted by molar-refractivity contribution is -0.150. The zero-order valence-corrected chi connectivity index (χ0v) is 16.9. The summed E-state index contributed by atoms with van der Waals surface area (Å²) in [5.41, 5.74) is 0.627. The molecular formula is C20H21F4N5O2. The van der Waals surface area contributed by atoms with Gasteiger partial charge in [0.2, 0.25) is 17.6 Å². The van der Waals surface area contributed by atoms with Crippen LogP contribution in [0.3, 0.4) is 0 Å². The third-order valence-corrected chi connectivity index (χ3v) is 6.11. The number of carbonyl (C=O) groups is 2. The van der Waals surface area contributed by atoms with Crippen LogP contribution in [0.4, 0.5) is 17.6 Å². The standard InChI is InChI=1S/C20H21F4N5O2/c1-11-17-25-26-19(20(22,23)24)29(17)10-9-28(11)18(31)14-7-8-15(30)27(2)16(14)12-3-5-13(21)6-4-12/h3-6,11,14,16H,7-10H2,1-2H3. The fraction of sp³-hybridized carbons (Fsp3) is 0.500. The van der Waals surface area contributed by atoms with Gasteiger partial charge in [-0.25, -0.2) is 4.39 Å². The highest BCUT2D eigenvalue weighted by molar-refractivity contribution is 5.85.